The van der Waals surface area contributed by atoms with Gasteiger partial charge in [-0.2, -0.15) is 0 Å². The first kappa shape index (κ1) is 7.64. The SMILES string of the molecule is ClC1=CC[C@H]2C[C@@H]1c1ccccc12. The molecule has 0 aromatic heterocycles. The van der Waals surface area contributed by atoms with E-state index in [0.717, 1.165) is 17.4 Å². The van der Waals surface area contributed by atoms with Crippen LogP contribution in [0.1, 0.15) is 35.8 Å². The second-order valence-electron chi connectivity index (χ2n) is 3.94. The van der Waals surface area contributed by atoms with Crippen molar-refractivity contribution in [1.82, 2.24) is 0 Å². The van der Waals surface area contributed by atoms with Gasteiger partial charge in [0.1, 0.15) is 0 Å². The van der Waals surface area contributed by atoms with Crippen molar-refractivity contribution in [1.29, 1.82) is 0 Å². The molecule has 0 unspecified atom stereocenters. The summed E-state index contributed by atoms with van der Waals surface area (Å²) < 4.78 is 0. The normalized spacial score (nSPS) is 29.8. The lowest BCUT2D eigenvalue weighted by Gasteiger charge is -2.15. The molecular formula is C12H11Cl. The summed E-state index contributed by atoms with van der Waals surface area (Å²) in [6.45, 7) is 0. The van der Waals surface area contributed by atoms with Gasteiger partial charge in [0.15, 0.2) is 0 Å². The van der Waals surface area contributed by atoms with E-state index in [1.54, 1.807) is 0 Å². The third kappa shape index (κ3) is 0.986. The third-order valence-corrected chi connectivity index (χ3v) is 3.68. The van der Waals surface area contributed by atoms with Crippen molar-refractivity contribution in [3.8, 4) is 0 Å². The van der Waals surface area contributed by atoms with E-state index in [1.807, 2.05) is 0 Å². The second kappa shape index (κ2) is 2.62. The monoisotopic (exact) mass is 190 g/mol. The molecule has 1 aromatic carbocycles. The summed E-state index contributed by atoms with van der Waals surface area (Å²) in [6, 6.07) is 8.72. The van der Waals surface area contributed by atoms with Gasteiger partial charge < -0.3 is 0 Å². The minimum Gasteiger partial charge on any atom is -0.0888 e. The van der Waals surface area contributed by atoms with Crippen molar-refractivity contribution in [3.05, 3.63) is 46.5 Å². The molecule has 0 fully saturated rings. The van der Waals surface area contributed by atoms with Crippen LogP contribution in [0.3, 0.4) is 0 Å². The van der Waals surface area contributed by atoms with E-state index in [-0.39, 0.29) is 0 Å². The Morgan fingerprint density at radius 3 is 2.77 bits per heavy atom. The van der Waals surface area contributed by atoms with Crippen LogP contribution in [0.2, 0.25) is 0 Å². The van der Waals surface area contributed by atoms with Crippen molar-refractivity contribution in [2.45, 2.75) is 24.7 Å². The Hall–Kier alpha value is -0.750. The van der Waals surface area contributed by atoms with Gasteiger partial charge in [0.05, 0.1) is 0 Å². The Morgan fingerprint density at radius 1 is 1.15 bits per heavy atom. The third-order valence-electron chi connectivity index (χ3n) is 3.26. The summed E-state index contributed by atoms with van der Waals surface area (Å²) in [5.74, 6) is 1.25. The highest BCUT2D eigenvalue weighted by Crippen LogP contribution is 2.51. The lowest BCUT2D eigenvalue weighted by Crippen LogP contribution is -1.99. The van der Waals surface area contributed by atoms with E-state index < -0.39 is 0 Å². The molecule has 0 N–H and O–H groups in total. The number of benzene rings is 1. The molecule has 0 saturated heterocycles. The van der Waals surface area contributed by atoms with Crippen molar-refractivity contribution >= 4 is 11.6 Å². The van der Waals surface area contributed by atoms with Crippen LogP contribution in [0.25, 0.3) is 0 Å². The minimum atomic E-state index is 0.511. The Balaban J connectivity index is 2.20. The molecule has 3 rings (SSSR count). The Morgan fingerprint density at radius 2 is 1.92 bits per heavy atom. The van der Waals surface area contributed by atoms with Gasteiger partial charge in [-0.25, -0.2) is 0 Å². The Kier molecular flexibility index (Phi) is 1.54. The van der Waals surface area contributed by atoms with E-state index in [9.17, 15) is 0 Å². The molecular weight excluding hydrogens is 180 g/mol. The first-order valence-electron chi connectivity index (χ1n) is 4.80. The van der Waals surface area contributed by atoms with Crippen molar-refractivity contribution in [3.63, 3.8) is 0 Å². The molecule has 0 aliphatic heterocycles. The van der Waals surface area contributed by atoms with Crippen LogP contribution in [0.4, 0.5) is 0 Å². The Labute approximate surface area is 83.2 Å². The average Bonchev–Trinajstić information content (AvgIpc) is 2.48. The number of allylic oxidation sites excluding steroid dienone is 2. The van der Waals surface area contributed by atoms with Crippen molar-refractivity contribution in [2.24, 2.45) is 0 Å². The molecule has 0 radical (unpaired) electrons. The zero-order valence-electron chi connectivity index (χ0n) is 7.33. The zero-order chi connectivity index (χ0) is 8.84. The molecule has 2 aliphatic carbocycles. The number of halogens is 1. The molecule has 13 heavy (non-hydrogen) atoms. The summed E-state index contributed by atoms with van der Waals surface area (Å²) in [4.78, 5) is 0. The van der Waals surface area contributed by atoms with Crippen LogP contribution in [0.5, 0.6) is 0 Å². The minimum absolute atomic E-state index is 0.511. The summed E-state index contributed by atoms with van der Waals surface area (Å²) in [7, 11) is 0. The molecule has 0 nitrogen and oxygen atoms in total. The van der Waals surface area contributed by atoms with E-state index >= 15 is 0 Å². The lowest BCUT2D eigenvalue weighted by molar-refractivity contribution is 0.620. The maximum atomic E-state index is 6.20. The fourth-order valence-corrected chi connectivity index (χ4v) is 2.92. The quantitative estimate of drug-likeness (QED) is 0.584. The second-order valence-corrected chi connectivity index (χ2v) is 4.38. The van der Waals surface area contributed by atoms with Gasteiger partial charge in [0.25, 0.3) is 0 Å². The summed E-state index contributed by atoms with van der Waals surface area (Å²) in [6.07, 6.45) is 4.56. The fourth-order valence-electron chi connectivity index (χ4n) is 2.62. The molecule has 2 aliphatic rings. The fraction of sp³-hybridized carbons (Fsp3) is 0.333. The molecule has 1 aromatic rings. The first-order valence-corrected chi connectivity index (χ1v) is 5.18. The number of hydrogen-bond acceptors (Lipinski definition) is 0. The van der Waals surface area contributed by atoms with Crippen LogP contribution in [0, 0.1) is 0 Å². The molecule has 0 spiro atoms. The predicted octanol–water partition coefficient (Wildman–Crippen LogP) is 3.78. The summed E-state index contributed by atoms with van der Waals surface area (Å²) in [5, 5.41) is 1.06. The van der Waals surface area contributed by atoms with Crippen LogP contribution in [-0.4, -0.2) is 0 Å². The van der Waals surface area contributed by atoms with Crippen LogP contribution in [-0.2, 0) is 0 Å². The molecule has 0 amide bonds. The molecule has 2 atom stereocenters. The van der Waals surface area contributed by atoms with E-state index in [1.165, 1.54) is 17.5 Å². The smallest absolute Gasteiger partial charge is 0.0216 e. The van der Waals surface area contributed by atoms with Gasteiger partial charge in [-0.3, -0.25) is 0 Å². The average molecular weight is 191 g/mol. The molecule has 1 heteroatoms. The van der Waals surface area contributed by atoms with Gasteiger partial charge in [-0.05, 0) is 29.9 Å². The first-order chi connectivity index (χ1) is 6.36. The summed E-state index contributed by atoms with van der Waals surface area (Å²) in [5.41, 5.74) is 2.99. The van der Waals surface area contributed by atoms with E-state index in [4.69, 9.17) is 11.6 Å². The van der Waals surface area contributed by atoms with Crippen molar-refractivity contribution in [2.75, 3.05) is 0 Å². The number of hydrogen-bond donors (Lipinski definition) is 0. The van der Waals surface area contributed by atoms with Gasteiger partial charge in [0.2, 0.25) is 0 Å². The largest absolute Gasteiger partial charge is 0.0888 e. The predicted molar refractivity (Wildman–Crippen MR) is 55.1 cm³/mol. The maximum absolute atomic E-state index is 6.20. The van der Waals surface area contributed by atoms with Gasteiger partial charge in [0, 0.05) is 11.0 Å². The number of fused-ring (bicyclic) bond motifs is 5. The topological polar surface area (TPSA) is 0 Å². The highest BCUT2D eigenvalue weighted by Gasteiger charge is 2.34. The van der Waals surface area contributed by atoms with Gasteiger partial charge in [-0.15, -0.1) is 0 Å². The van der Waals surface area contributed by atoms with Crippen LogP contribution < -0.4 is 0 Å². The number of rotatable bonds is 0. The highest BCUT2D eigenvalue weighted by atomic mass is 35.5. The van der Waals surface area contributed by atoms with E-state index in [0.29, 0.717) is 5.92 Å². The molecule has 2 bridgehead atoms. The lowest BCUT2D eigenvalue weighted by atomic mass is 9.92. The van der Waals surface area contributed by atoms with Crippen LogP contribution >= 0.6 is 11.6 Å². The maximum Gasteiger partial charge on any atom is 0.0216 e. The van der Waals surface area contributed by atoms with E-state index in [2.05, 4.69) is 30.3 Å². The Bertz CT molecular complexity index is 378. The van der Waals surface area contributed by atoms with Crippen LogP contribution in [0.15, 0.2) is 35.4 Å². The molecule has 0 saturated carbocycles. The van der Waals surface area contributed by atoms with Gasteiger partial charge >= 0.3 is 0 Å². The zero-order valence-corrected chi connectivity index (χ0v) is 8.09. The molecule has 0 heterocycles. The van der Waals surface area contributed by atoms with Gasteiger partial charge in [-0.1, -0.05) is 41.9 Å². The molecule has 66 valence electrons. The highest BCUT2D eigenvalue weighted by molar-refractivity contribution is 6.30. The van der Waals surface area contributed by atoms with Crippen molar-refractivity contribution < 1.29 is 0 Å². The summed E-state index contributed by atoms with van der Waals surface area (Å²) >= 11 is 6.20. The standard InChI is InChI=1S/C12H11Cl/c13-12-6-5-8-7-11(12)10-4-2-1-3-9(8)10/h1-4,6,8,11H,5,7H2/t8-,11+/m0/s1.